The van der Waals surface area contributed by atoms with Gasteiger partial charge in [0, 0.05) is 33.6 Å². The molecule has 1 aliphatic rings. The monoisotopic (exact) mass is 472 g/mol. The lowest BCUT2D eigenvalue weighted by atomic mass is 9.89. The van der Waals surface area contributed by atoms with Crippen LogP contribution in [0.3, 0.4) is 0 Å². The van der Waals surface area contributed by atoms with E-state index >= 15 is 0 Å². The number of aromatic amines is 2. The van der Waals surface area contributed by atoms with Crippen LogP contribution in [-0.2, 0) is 12.8 Å². The number of nitrogens with one attached hydrogen (secondary N) is 2. The lowest BCUT2D eigenvalue weighted by Crippen LogP contribution is -2.03. The number of hydrogen-bond donors (Lipinski definition) is 2. The first-order valence-electron chi connectivity index (χ1n) is 12.8. The number of H-pyrrole nitrogens is 2. The van der Waals surface area contributed by atoms with Crippen molar-refractivity contribution in [2.45, 2.75) is 52.4 Å². The Balaban J connectivity index is 1.40. The summed E-state index contributed by atoms with van der Waals surface area (Å²) in [5.41, 5.74) is 9.50. The first-order chi connectivity index (χ1) is 17.5. The average Bonchev–Trinajstić information content (AvgIpc) is 3.54. The van der Waals surface area contributed by atoms with E-state index in [1.807, 2.05) is 12.4 Å². The van der Waals surface area contributed by atoms with Crippen molar-refractivity contribution in [2.24, 2.45) is 0 Å². The van der Waals surface area contributed by atoms with Crippen LogP contribution in [0.2, 0.25) is 0 Å². The van der Waals surface area contributed by atoms with E-state index in [0.29, 0.717) is 11.8 Å². The SMILES string of the molecule is CC(C)c1nc2c([nH]1)-c1ccc(-c3ccc4c(c3)c3cnncc3c3nc(C(C)C)[nH]c43)cc1CC2. The van der Waals surface area contributed by atoms with Crippen LogP contribution in [0, 0.1) is 0 Å². The molecule has 0 saturated carbocycles. The van der Waals surface area contributed by atoms with Gasteiger partial charge in [0.15, 0.2) is 0 Å². The normalized spacial score (nSPS) is 13.3. The predicted octanol–water partition coefficient (Wildman–Crippen LogP) is 7.06. The Labute approximate surface area is 209 Å². The Morgan fingerprint density at radius 2 is 1.42 bits per heavy atom. The number of rotatable bonds is 3. The van der Waals surface area contributed by atoms with E-state index in [0.717, 1.165) is 51.7 Å². The largest absolute Gasteiger partial charge is 0.342 e. The molecule has 6 nitrogen and oxygen atoms in total. The lowest BCUT2D eigenvalue weighted by molar-refractivity contribution is 0.787. The van der Waals surface area contributed by atoms with Crippen LogP contribution >= 0.6 is 0 Å². The molecule has 0 radical (unpaired) electrons. The van der Waals surface area contributed by atoms with E-state index in [1.165, 1.54) is 39.0 Å². The van der Waals surface area contributed by atoms with Crippen molar-refractivity contribution < 1.29 is 0 Å². The fraction of sp³-hybridized carbons (Fsp3) is 0.267. The molecule has 0 bridgehead atoms. The van der Waals surface area contributed by atoms with E-state index in [1.54, 1.807) is 0 Å². The second-order valence-corrected chi connectivity index (χ2v) is 10.5. The molecule has 2 N–H and O–H groups in total. The van der Waals surface area contributed by atoms with Crippen LogP contribution in [0.15, 0.2) is 48.8 Å². The van der Waals surface area contributed by atoms with Gasteiger partial charge >= 0.3 is 0 Å². The highest BCUT2D eigenvalue weighted by atomic mass is 15.1. The summed E-state index contributed by atoms with van der Waals surface area (Å²) in [6.07, 6.45) is 5.69. The molecule has 0 amide bonds. The Morgan fingerprint density at radius 1 is 0.694 bits per heavy atom. The predicted molar refractivity (Wildman–Crippen MR) is 145 cm³/mol. The first-order valence-corrected chi connectivity index (χ1v) is 12.8. The van der Waals surface area contributed by atoms with Crippen molar-refractivity contribution in [3.63, 3.8) is 0 Å². The first kappa shape index (κ1) is 21.2. The van der Waals surface area contributed by atoms with Gasteiger partial charge in [0.1, 0.15) is 11.6 Å². The molecular weight excluding hydrogens is 444 g/mol. The molecule has 0 saturated heterocycles. The summed E-state index contributed by atoms with van der Waals surface area (Å²) in [5.74, 6) is 2.79. The highest BCUT2D eigenvalue weighted by Crippen LogP contribution is 2.39. The van der Waals surface area contributed by atoms with Gasteiger partial charge in [-0.25, -0.2) is 9.97 Å². The number of aryl methyl sites for hydroxylation is 2. The molecule has 0 aliphatic heterocycles. The van der Waals surface area contributed by atoms with Gasteiger partial charge in [-0.1, -0.05) is 58.0 Å². The summed E-state index contributed by atoms with van der Waals surface area (Å²) in [7, 11) is 0. The van der Waals surface area contributed by atoms with Crippen LogP contribution in [-0.4, -0.2) is 30.1 Å². The van der Waals surface area contributed by atoms with Crippen LogP contribution in [0.5, 0.6) is 0 Å². The van der Waals surface area contributed by atoms with E-state index < -0.39 is 0 Å². The quantitative estimate of drug-likeness (QED) is 0.270. The van der Waals surface area contributed by atoms with E-state index in [9.17, 15) is 0 Å². The zero-order valence-corrected chi connectivity index (χ0v) is 21.0. The van der Waals surface area contributed by atoms with Crippen LogP contribution in [0.4, 0.5) is 0 Å². The zero-order chi connectivity index (χ0) is 24.6. The third-order valence-corrected chi connectivity index (χ3v) is 7.52. The summed E-state index contributed by atoms with van der Waals surface area (Å²) < 4.78 is 0. The molecule has 3 heterocycles. The minimum atomic E-state index is 0.319. The molecule has 3 aromatic heterocycles. The third-order valence-electron chi connectivity index (χ3n) is 7.52. The molecule has 36 heavy (non-hydrogen) atoms. The average molecular weight is 473 g/mol. The Hall–Kier alpha value is -4.06. The lowest BCUT2D eigenvalue weighted by Gasteiger charge is -2.17. The maximum Gasteiger partial charge on any atom is 0.109 e. The minimum Gasteiger partial charge on any atom is -0.342 e. The van der Waals surface area contributed by atoms with Gasteiger partial charge in [-0.15, -0.1) is 0 Å². The number of nitrogens with zero attached hydrogens (tertiary/aromatic N) is 4. The topological polar surface area (TPSA) is 83.1 Å². The molecule has 6 aromatic rings. The summed E-state index contributed by atoms with van der Waals surface area (Å²) >= 11 is 0. The molecule has 0 fully saturated rings. The van der Waals surface area contributed by atoms with E-state index in [-0.39, 0.29) is 0 Å². The number of imidazole rings is 2. The van der Waals surface area contributed by atoms with Crippen molar-refractivity contribution in [1.82, 2.24) is 30.1 Å². The highest BCUT2D eigenvalue weighted by Gasteiger charge is 2.22. The van der Waals surface area contributed by atoms with Gasteiger partial charge < -0.3 is 9.97 Å². The Morgan fingerprint density at radius 3 is 2.22 bits per heavy atom. The Bertz CT molecular complexity index is 1800. The van der Waals surface area contributed by atoms with Crippen molar-refractivity contribution in [3.05, 3.63) is 71.7 Å². The smallest absolute Gasteiger partial charge is 0.109 e. The summed E-state index contributed by atoms with van der Waals surface area (Å²) in [6, 6.07) is 13.6. The summed E-state index contributed by atoms with van der Waals surface area (Å²) in [4.78, 5) is 16.9. The summed E-state index contributed by atoms with van der Waals surface area (Å²) in [6.45, 7) is 8.69. The van der Waals surface area contributed by atoms with Crippen LogP contribution in [0.1, 0.15) is 62.4 Å². The van der Waals surface area contributed by atoms with Crippen LogP contribution < -0.4 is 0 Å². The maximum atomic E-state index is 4.92. The second kappa shape index (κ2) is 7.72. The van der Waals surface area contributed by atoms with Crippen molar-refractivity contribution in [1.29, 1.82) is 0 Å². The molecule has 6 heteroatoms. The van der Waals surface area contributed by atoms with Gasteiger partial charge in [-0.05, 0) is 41.0 Å². The molecular formula is C30H28N6. The number of hydrogen-bond acceptors (Lipinski definition) is 4. The number of fused-ring (bicyclic) bond motifs is 9. The van der Waals surface area contributed by atoms with E-state index in [2.05, 4.69) is 84.3 Å². The molecule has 0 spiro atoms. The maximum absolute atomic E-state index is 4.92. The number of aromatic nitrogens is 6. The summed E-state index contributed by atoms with van der Waals surface area (Å²) in [5, 5.41) is 12.8. The fourth-order valence-electron chi connectivity index (χ4n) is 5.53. The van der Waals surface area contributed by atoms with Crippen molar-refractivity contribution in [2.75, 3.05) is 0 Å². The minimum absolute atomic E-state index is 0.319. The molecule has 0 unspecified atom stereocenters. The van der Waals surface area contributed by atoms with Gasteiger partial charge in [-0.2, -0.15) is 10.2 Å². The number of benzene rings is 3. The van der Waals surface area contributed by atoms with Gasteiger partial charge in [0.05, 0.1) is 34.8 Å². The van der Waals surface area contributed by atoms with Gasteiger partial charge in [0.2, 0.25) is 0 Å². The molecule has 0 atom stereocenters. The van der Waals surface area contributed by atoms with Gasteiger partial charge in [-0.3, -0.25) is 0 Å². The fourth-order valence-corrected chi connectivity index (χ4v) is 5.53. The molecule has 178 valence electrons. The molecule has 7 rings (SSSR count). The van der Waals surface area contributed by atoms with Gasteiger partial charge in [0.25, 0.3) is 0 Å². The Kier molecular flexibility index (Phi) is 4.55. The van der Waals surface area contributed by atoms with E-state index in [4.69, 9.17) is 9.97 Å². The second-order valence-electron chi connectivity index (χ2n) is 10.5. The standard InChI is InChI=1S/C30H28N6/c1-15(2)29-33-25-10-7-19-11-17(5-8-20(19)26(25)34-29)18-6-9-21-22(12-18)23-13-31-32-14-24(23)28-27(21)35-30(36-28)16(3)4/h5-6,8-9,11-16H,7,10H2,1-4H3,(H,33,34)(H,35,36). The zero-order valence-electron chi connectivity index (χ0n) is 21.0. The third kappa shape index (κ3) is 3.10. The highest BCUT2D eigenvalue weighted by molar-refractivity contribution is 6.23. The van der Waals surface area contributed by atoms with Crippen LogP contribution in [0.25, 0.3) is 55.0 Å². The van der Waals surface area contributed by atoms with Crippen molar-refractivity contribution >= 4 is 32.6 Å². The van der Waals surface area contributed by atoms with Crippen molar-refractivity contribution in [3.8, 4) is 22.4 Å². The molecule has 3 aromatic carbocycles. The molecule has 1 aliphatic carbocycles.